The van der Waals surface area contributed by atoms with Gasteiger partial charge in [0.15, 0.2) is 0 Å². The van der Waals surface area contributed by atoms with Crippen LogP contribution in [0.4, 0.5) is 0 Å². The Balaban J connectivity index is 2.29. The predicted molar refractivity (Wildman–Crippen MR) is 65.9 cm³/mol. The number of carbonyl (C=O) groups excluding carboxylic acids is 2. The van der Waals surface area contributed by atoms with Gasteiger partial charge < -0.3 is 20.5 Å². The van der Waals surface area contributed by atoms with E-state index in [9.17, 15) is 14.7 Å². The highest BCUT2D eigenvalue weighted by Crippen LogP contribution is 2.17. The second-order valence-electron chi connectivity index (χ2n) is 5.07. The first-order valence-corrected chi connectivity index (χ1v) is 6.24. The van der Waals surface area contributed by atoms with Gasteiger partial charge in [-0.05, 0) is 19.8 Å². The van der Waals surface area contributed by atoms with Gasteiger partial charge in [-0.3, -0.25) is 9.59 Å². The van der Waals surface area contributed by atoms with Gasteiger partial charge in [-0.25, -0.2) is 0 Å². The third kappa shape index (κ3) is 5.01. The van der Waals surface area contributed by atoms with Crippen molar-refractivity contribution >= 4 is 11.8 Å². The first-order chi connectivity index (χ1) is 8.44. The Morgan fingerprint density at radius 1 is 1.33 bits per heavy atom. The van der Waals surface area contributed by atoms with E-state index >= 15 is 0 Å². The van der Waals surface area contributed by atoms with E-state index in [1.54, 1.807) is 0 Å². The highest BCUT2D eigenvalue weighted by molar-refractivity contribution is 6.35. The van der Waals surface area contributed by atoms with E-state index < -0.39 is 17.4 Å². The summed E-state index contributed by atoms with van der Waals surface area (Å²) >= 11 is 0. The van der Waals surface area contributed by atoms with Crippen molar-refractivity contribution in [3.8, 4) is 0 Å². The van der Waals surface area contributed by atoms with Crippen LogP contribution in [0, 0.1) is 0 Å². The van der Waals surface area contributed by atoms with Gasteiger partial charge in [0.05, 0.1) is 6.61 Å². The Labute approximate surface area is 107 Å². The molecular weight excluding hydrogens is 236 g/mol. The van der Waals surface area contributed by atoms with Crippen LogP contribution in [0.2, 0.25) is 0 Å². The summed E-state index contributed by atoms with van der Waals surface area (Å²) < 4.78 is 4.81. The van der Waals surface area contributed by atoms with Crippen LogP contribution in [0.5, 0.6) is 0 Å². The van der Waals surface area contributed by atoms with Crippen molar-refractivity contribution in [3.63, 3.8) is 0 Å². The molecule has 0 saturated heterocycles. The van der Waals surface area contributed by atoms with Gasteiger partial charge in [-0.15, -0.1) is 0 Å². The van der Waals surface area contributed by atoms with Crippen LogP contribution in [0.25, 0.3) is 0 Å². The van der Waals surface area contributed by atoms with Gasteiger partial charge in [-0.2, -0.15) is 0 Å². The van der Waals surface area contributed by atoms with Crippen LogP contribution < -0.4 is 10.6 Å². The fourth-order valence-corrected chi connectivity index (χ4v) is 2.03. The topological polar surface area (TPSA) is 87.7 Å². The molecule has 18 heavy (non-hydrogen) atoms. The van der Waals surface area contributed by atoms with Crippen molar-refractivity contribution in [2.24, 2.45) is 0 Å². The second-order valence-corrected chi connectivity index (χ2v) is 5.07. The number of aliphatic hydroxyl groups is 1. The van der Waals surface area contributed by atoms with Crippen LogP contribution in [0.15, 0.2) is 0 Å². The summed E-state index contributed by atoms with van der Waals surface area (Å²) in [5, 5.41) is 14.8. The van der Waals surface area contributed by atoms with Gasteiger partial charge in [-0.1, -0.05) is 12.8 Å². The first kappa shape index (κ1) is 14.9. The first-order valence-electron chi connectivity index (χ1n) is 6.24. The fraction of sp³-hybridized carbons (Fsp3) is 0.833. The molecule has 0 heterocycles. The van der Waals surface area contributed by atoms with E-state index in [4.69, 9.17) is 4.74 Å². The number of hydrogen-bond acceptors (Lipinski definition) is 4. The Hall–Kier alpha value is -1.14. The summed E-state index contributed by atoms with van der Waals surface area (Å²) in [5.41, 5.74) is -1.17. The standard InChI is InChI=1S/C12H22N2O4/c1-12(17,8-18-2)7-13-10(15)11(16)14-9-5-3-4-6-9/h9,17H,3-8H2,1-2H3,(H,13,15)(H,14,16). The molecular formula is C12H22N2O4. The molecule has 1 rings (SSSR count). The zero-order valence-electron chi connectivity index (χ0n) is 11.0. The van der Waals surface area contributed by atoms with Crippen molar-refractivity contribution in [3.05, 3.63) is 0 Å². The molecule has 1 aliphatic carbocycles. The lowest BCUT2D eigenvalue weighted by Gasteiger charge is -2.22. The van der Waals surface area contributed by atoms with Crippen molar-refractivity contribution in [1.82, 2.24) is 10.6 Å². The minimum Gasteiger partial charge on any atom is -0.386 e. The minimum absolute atomic E-state index is 0.0161. The minimum atomic E-state index is -1.17. The monoisotopic (exact) mass is 258 g/mol. The molecule has 6 heteroatoms. The Bertz CT molecular complexity index is 298. The summed E-state index contributed by atoms with van der Waals surface area (Å²) in [6, 6.07) is 0.114. The van der Waals surface area contributed by atoms with E-state index in [0.717, 1.165) is 25.7 Å². The molecule has 104 valence electrons. The number of rotatable bonds is 5. The number of nitrogens with one attached hydrogen (secondary N) is 2. The van der Waals surface area contributed by atoms with Crippen LogP contribution in [-0.4, -0.2) is 48.8 Å². The average molecular weight is 258 g/mol. The largest absolute Gasteiger partial charge is 0.386 e. The van der Waals surface area contributed by atoms with Crippen LogP contribution in [0.1, 0.15) is 32.6 Å². The summed E-state index contributed by atoms with van der Waals surface area (Å²) in [7, 11) is 1.46. The molecule has 6 nitrogen and oxygen atoms in total. The molecule has 1 unspecified atom stereocenters. The Morgan fingerprint density at radius 3 is 2.50 bits per heavy atom. The van der Waals surface area contributed by atoms with Crippen molar-refractivity contribution < 1.29 is 19.4 Å². The summed E-state index contributed by atoms with van der Waals surface area (Å²) in [4.78, 5) is 23.0. The lowest BCUT2D eigenvalue weighted by Crippen LogP contribution is -2.49. The number of hydrogen-bond donors (Lipinski definition) is 3. The molecule has 1 atom stereocenters. The smallest absolute Gasteiger partial charge is 0.309 e. The molecule has 0 aromatic carbocycles. The predicted octanol–water partition coefficient (Wildman–Crippen LogP) is -0.441. The zero-order valence-corrected chi connectivity index (χ0v) is 11.0. The van der Waals surface area contributed by atoms with Gasteiger partial charge in [0, 0.05) is 19.7 Å². The molecule has 0 aliphatic heterocycles. The van der Waals surface area contributed by atoms with E-state index in [1.165, 1.54) is 14.0 Å². The van der Waals surface area contributed by atoms with Crippen LogP contribution >= 0.6 is 0 Å². The Kier molecular flexibility index (Phi) is 5.55. The maximum atomic E-state index is 11.5. The van der Waals surface area contributed by atoms with Gasteiger partial charge in [0.1, 0.15) is 5.60 Å². The lowest BCUT2D eigenvalue weighted by atomic mass is 10.1. The summed E-state index contributed by atoms with van der Waals surface area (Å²) in [6.07, 6.45) is 4.05. The number of methoxy groups -OCH3 is 1. The van der Waals surface area contributed by atoms with Gasteiger partial charge in [0.2, 0.25) is 0 Å². The van der Waals surface area contributed by atoms with Crippen LogP contribution in [0.3, 0.4) is 0 Å². The molecule has 3 N–H and O–H groups in total. The maximum absolute atomic E-state index is 11.5. The molecule has 1 aliphatic rings. The number of carbonyl (C=O) groups is 2. The molecule has 0 spiro atoms. The Morgan fingerprint density at radius 2 is 1.94 bits per heavy atom. The van der Waals surface area contributed by atoms with Crippen molar-refractivity contribution in [1.29, 1.82) is 0 Å². The van der Waals surface area contributed by atoms with Crippen molar-refractivity contribution in [2.45, 2.75) is 44.2 Å². The SMILES string of the molecule is COCC(C)(O)CNC(=O)C(=O)NC1CCCC1. The van der Waals surface area contributed by atoms with E-state index in [0.29, 0.717) is 0 Å². The molecule has 0 aromatic heterocycles. The second kappa shape index (κ2) is 6.70. The summed E-state index contributed by atoms with van der Waals surface area (Å²) in [5.74, 6) is -1.34. The molecule has 0 radical (unpaired) electrons. The third-order valence-electron chi connectivity index (χ3n) is 2.98. The van der Waals surface area contributed by atoms with Gasteiger partial charge >= 0.3 is 11.8 Å². The normalized spacial score (nSPS) is 19.3. The lowest BCUT2D eigenvalue weighted by molar-refractivity contribution is -0.140. The molecule has 2 amide bonds. The molecule has 0 bridgehead atoms. The van der Waals surface area contributed by atoms with E-state index in [1.807, 2.05) is 0 Å². The van der Waals surface area contributed by atoms with Crippen molar-refractivity contribution in [2.75, 3.05) is 20.3 Å². The fourth-order valence-electron chi connectivity index (χ4n) is 2.03. The third-order valence-corrected chi connectivity index (χ3v) is 2.98. The quantitative estimate of drug-likeness (QED) is 0.583. The van der Waals surface area contributed by atoms with Crippen LogP contribution in [-0.2, 0) is 14.3 Å². The average Bonchev–Trinajstić information content (AvgIpc) is 2.78. The number of amides is 2. The summed E-state index contributed by atoms with van der Waals surface area (Å²) in [6.45, 7) is 1.61. The molecule has 1 saturated carbocycles. The highest BCUT2D eigenvalue weighted by atomic mass is 16.5. The zero-order chi connectivity index (χ0) is 13.6. The van der Waals surface area contributed by atoms with E-state index in [-0.39, 0.29) is 19.2 Å². The molecule has 1 fully saturated rings. The van der Waals surface area contributed by atoms with Gasteiger partial charge in [0.25, 0.3) is 0 Å². The number of ether oxygens (including phenoxy) is 1. The highest BCUT2D eigenvalue weighted by Gasteiger charge is 2.25. The van der Waals surface area contributed by atoms with E-state index in [2.05, 4.69) is 10.6 Å². The maximum Gasteiger partial charge on any atom is 0.309 e. The molecule has 0 aromatic rings.